The number of nitrogens with one attached hydrogen (secondary N) is 2. The molecule has 174 valence electrons. The van der Waals surface area contributed by atoms with Crippen LogP contribution in [0.2, 0.25) is 0 Å². The Balaban J connectivity index is 1.55. The van der Waals surface area contributed by atoms with Crippen molar-refractivity contribution >= 4 is 11.7 Å². The SMILES string of the molecule is COc1ccc(CNC(=O)c2cnn3c2N[C@H](c2ccc(C)cc2)C[C@@H]3C(F)F)cc1OC. The molecule has 1 aliphatic rings. The molecular weight excluding hydrogens is 430 g/mol. The van der Waals surface area contributed by atoms with E-state index >= 15 is 0 Å². The average Bonchev–Trinajstić information content (AvgIpc) is 3.26. The lowest BCUT2D eigenvalue weighted by molar-refractivity contribution is 0.0656. The second kappa shape index (κ2) is 9.48. The third-order valence-corrected chi connectivity index (χ3v) is 5.81. The van der Waals surface area contributed by atoms with Crippen molar-refractivity contribution in [3.05, 3.63) is 70.9 Å². The predicted octanol–water partition coefficient (Wildman–Crippen LogP) is 4.50. The van der Waals surface area contributed by atoms with Crippen molar-refractivity contribution in [1.29, 1.82) is 0 Å². The van der Waals surface area contributed by atoms with Gasteiger partial charge in [-0.2, -0.15) is 5.10 Å². The van der Waals surface area contributed by atoms with Crippen LogP contribution in [0.5, 0.6) is 11.5 Å². The molecule has 0 radical (unpaired) electrons. The number of ether oxygens (including phenoxy) is 2. The first-order valence-electron chi connectivity index (χ1n) is 10.6. The number of fused-ring (bicyclic) bond motifs is 1. The minimum Gasteiger partial charge on any atom is -0.493 e. The molecule has 0 saturated heterocycles. The van der Waals surface area contributed by atoms with Crippen LogP contribution in [0, 0.1) is 6.92 Å². The Morgan fingerprint density at radius 3 is 2.58 bits per heavy atom. The molecule has 0 saturated carbocycles. The Bertz CT molecular complexity index is 1130. The first kappa shape index (κ1) is 22.6. The molecule has 2 heterocycles. The lowest BCUT2D eigenvalue weighted by Crippen LogP contribution is -2.32. The molecule has 0 unspecified atom stereocenters. The van der Waals surface area contributed by atoms with Gasteiger partial charge in [-0.05, 0) is 36.6 Å². The number of carbonyl (C=O) groups is 1. The molecule has 2 aromatic carbocycles. The number of aryl methyl sites for hydroxylation is 1. The van der Waals surface area contributed by atoms with E-state index in [9.17, 15) is 13.6 Å². The monoisotopic (exact) mass is 456 g/mol. The van der Waals surface area contributed by atoms with Gasteiger partial charge in [-0.3, -0.25) is 4.79 Å². The van der Waals surface area contributed by atoms with Gasteiger partial charge in [-0.25, -0.2) is 13.5 Å². The fourth-order valence-electron chi connectivity index (χ4n) is 3.98. The number of halogens is 2. The number of alkyl halides is 2. The van der Waals surface area contributed by atoms with Crippen LogP contribution in [-0.2, 0) is 6.54 Å². The summed E-state index contributed by atoms with van der Waals surface area (Å²) in [5.74, 6) is 1.02. The molecule has 1 aliphatic heterocycles. The van der Waals surface area contributed by atoms with Crippen LogP contribution in [0.1, 0.15) is 45.6 Å². The molecule has 9 heteroatoms. The molecule has 2 N–H and O–H groups in total. The van der Waals surface area contributed by atoms with Gasteiger partial charge >= 0.3 is 0 Å². The minimum atomic E-state index is -2.61. The normalized spacial score (nSPS) is 17.3. The van der Waals surface area contributed by atoms with Crippen molar-refractivity contribution in [3.8, 4) is 11.5 Å². The fourth-order valence-corrected chi connectivity index (χ4v) is 3.98. The van der Waals surface area contributed by atoms with Gasteiger partial charge in [0.2, 0.25) is 0 Å². The molecule has 33 heavy (non-hydrogen) atoms. The molecule has 0 spiro atoms. The van der Waals surface area contributed by atoms with Crippen LogP contribution in [-0.4, -0.2) is 36.3 Å². The standard InChI is InChI=1S/C24H26F2N4O3/c1-14-4-7-16(8-5-14)18-11-19(22(25)26)30-23(29-18)17(13-28-30)24(31)27-12-15-6-9-20(32-2)21(10-15)33-3/h4-10,13,18-19,22,29H,11-12H2,1-3H3,(H,27,31)/t18-,19+/m0/s1. The highest BCUT2D eigenvalue weighted by Gasteiger charge is 2.36. The third-order valence-electron chi connectivity index (χ3n) is 5.81. The van der Waals surface area contributed by atoms with E-state index < -0.39 is 18.4 Å². The van der Waals surface area contributed by atoms with Crippen molar-refractivity contribution in [1.82, 2.24) is 15.1 Å². The Hall–Kier alpha value is -3.62. The van der Waals surface area contributed by atoms with E-state index in [1.165, 1.54) is 18.0 Å². The number of methoxy groups -OCH3 is 2. The van der Waals surface area contributed by atoms with Gasteiger partial charge in [0, 0.05) is 6.54 Å². The van der Waals surface area contributed by atoms with E-state index in [1.54, 1.807) is 19.2 Å². The number of hydrogen-bond donors (Lipinski definition) is 2. The van der Waals surface area contributed by atoms with E-state index in [0.717, 1.165) is 16.7 Å². The molecule has 7 nitrogen and oxygen atoms in total. The van der Waals surface area contributed by atoms with E-state index in [1.807, 2.05) is 37.3 Å². The molecule has 0 bridgehead atoms. The highest BCUT2D eigenvalue weighted by atomic mass is 19.3. The number of benzene rings is 2. The maximum Gasteiger partial charge on any atom is 0.260 e. The summed E-state index contributed by atoms with van der Waals surface area (Å²) in [5, 5.41) is 10.2. The van der Waals surface area contributed by atoms with Gasteiger partial charge in [0.25, 0.3) is 12.3 Å². The number of anilines is 1. The van der Waals surface area contributed by atoms with Crippen LogP contribution in [0.4, 0.5) is 14.6 Å². The van der Waals surface area contributed by atoms with Crippen LogP contribution in [0.15, 0.2) is 48.7 Å². The van der Waals surface area contributed by atoms with Crippen molar-refractivity contribution in [2.75, 3.05) is 19.5 Å². The lowest BCUT2D eigenvalue weighted by atomic mass is 9.96. The van der Waals surface area contributed by atoms with E-state index in [-0.39, 0.29) is 24.6 Å². The van der Waals surface area contributed by atoms with Crippen LogP contribution in [0.25, 0.3) is 0 Å². The fraction of sp³-hybridized carbons (Fsp3) is 0.333. The second-order valence-corrected chi connectivity index (χ2v) is 7.97. The Labute approximate surface area is 190 Å². The average molecular weight is 456 g/mol. The zero-order valence-corrected chi connectivity index (χ0v) is 18.6. The summed E-state index contributed by atoms with van der Waals surface area (Å²) >= 11 is 0. The van der Waals surface area contributed by atoms with Crippen molar-refractivity contribution in [2.45, 2.75) is 38.4 Å². The maximum atomic E-state index is 13.9. The van der Waals surface area contributed by atoms with E-state index in [0.29, 0.717) is 17.3 Å². The molecule has 1 aromatic heterocycles. The van der Waals surface area contributed by atoms with E-state index in [4.69, 9.17) is 9.47 Å². The van der Waals surface area contributed by atoms with E-state index in [2.05, 4.69) is 15.7 Å². The molecule has 0 fully saturated rings. The summed E-state index contributed by atoms with van der Waals surface area (Å²) in [5.41, 5.74) is 2.99. The molecular formula is C24H26F2N4O3. The minimum absolute atomic E-state index is 0.169. The Morgan fingerprint density at radius 2 is 1.91 bits per heavy atom. The van der Waals surface area contributed by atoms with Crippen molar-refractivity contribution < 1.29 is 23.0 Å². The number of carbonyl (C=O) groups excluding carboxylic acids is 1. The zero-order chi connectivity index (χ0) is 23.5. The number of nitrogens with zero attached hydrogens (tertiary/aromatic N) is 2. The first-order chi connectivity index (χ1) is 15.9. The summed E-state index contributed by atoms with van der Waals surface area (Å²) in [4.78, 5) is 12.9. The molecule has 3 aromatic rings. The number of rotatable bonds is 7. The molecule has 1 amide bonds. The maximum absolute atomic E-state index is 13.9. The highest BCUT2D eigenvalue weighted by Crippen LogP contribution is 2.39. The topological polar surface area (TPSA) is 77.4 Å². The second-order valence-electron chi connectivity index (χ2n) is 7.97. The highest BCUT2D eigenvalue weighted by molar-refractivity contribution is 5.98. The van der Waals surface area contributed by atoms with Crippen LogP contribution < -0.4 is 20.1 Å². The van der Waals surface area contributed by atoms with Gasteiger partial charge in [-0.1, -0.05) is 35.9 Å². The Kier molecular flexibility index (Phi) is 6.48. The third kappa shape index (κ3) is 4.62. The molecule has 0 aliphatic carbocycles. The number of hydrogen-bond acceptors (Lipinski definition) is 5. The summed E-state index contributed by atoms with van der Waals surface area (Å²) in [6.45, 7) is 2.19. The van der Waals surface area contributed by atoms with Crippen LogP contribution >= 0.6 is 0 Å². The van der Waals surface area contributed by atoms with Gasteiger partial charge < -0.3 is 20.1 Å². The van der Waals surface area contributed by atoms with Gasteiger partial charge in [0.05, 0.1) is 26.5 Å². The first-order valence-corrected chi connectivity index (χ1v) is 10.6. The molecule has 4 rings (SSSR count). The summed E-state index contributed by atoms with van der Waals surface area (Å²) < 4.78 is 39.5. The smallest absolute Gasteiger partial charge is 0.260 e. The summed E-state index contributed by atoms with van der Waals surface area (Å²) in [7, 11) is 3.08. The van der Waals surface area contributed by atoms with Gasteiger partial charge in [0.1, 0.15) is 17.4 Å². The molecule has 2 atom stereocenters. The number of aromatic nitrogens is 2. The van der Waals surface area contributed by atoms with Gasteiger partial charge in [-0.15, -0.1) is 0 Å². The van der Waals surface area contributed by atoms with Crippen molar-refractivity contribution in [2.24, 2.45) is 0 Å². The quantitative estimate of drug-likeness (QED) is 0.547. The lowest BCUT2D eigenvalue weighted by Gasteiger charge is -2.32. The number of amides is 1. The summed E-state index contributed by atoms with van der Waals surface area (Å²) in [6.07, 6.45) is -1.11. The zero-order valence-electron chi connectivity index (χ0n) is 18.6. The largest absolute Gasteiger partial charge is 0.493 e. The predicted molar refractivity (Wildman–Crippen MR) is 120 cm³/mol. The summed E-state index contributed by atoms with van der Waals surface area (Å²) in [6, 6.07) is 11.6. The Morgan fingerprint density at radius 1 is 1.18 bits per heavy atom. The van der Waals surface area contributed by atoms with Crippen molar-refractivity contribution in [3.63, 3.8) is 0 Å². The van der Waals surface area contributed by atoms with Gasteiger partial charge in [0.15, 0.2) is 11.5 Å². The van der Waals surface area contributed by atoms with Crippen LogP contribution in [0.3, 0.4) is 0 Å².